The molecule has 0 spiro atoms. The highest BCUT2D eigenvalue weighted by molar-refractivity contribution is 6.33. The summed E-state index contributed by atoms with van der Waals surface area (Å²) < 4.78 is 0. The number of amides is 2. The molecule has 2 aliphatic carbocycles. The standard InChI is InChI=1S/2C15H11ClN2O5/c2*1-15(6-17)9-3-2-7(16)4-8(9)12(21)11(13(15)22)14(23)18-5-10(19)20/h2*2-4,21H,5H2,1H3,(H,18,23)(H,19,20)/t2*15-/m10/s1. The second-order valence-electron chi connectivity index (χ2n) is 10.1. The molecule has 2 amide bonds. The second-order valence-corrected chi connectivity index (χ2v) is 11.0. The molecule has 0 aliphatic heterocycles. The minimum absolute atomic E-state index is 0.0848. The molecule has 46 heavy (non-hydrogen) atoms. The maximum atomic E-state index is 12.5. The summed E-state index contributed by atoms with van der Waals surface area (Å²) in [5.74, 6) is -7.85. The number of carboxylic acids is 2. The Hall–Kier alpha value is -5.70. The zero-order chi connectivity index (χ0) is 34.7. The summed E-state index contributed by atoms with van der Waals surface area (Å²) >= 11 is 11.7. The summed E-state index contributed by atoms with van der Waals surface area (Å²) in [5.41, 5.74) is -4.09. The van der Waals surface area contributed by atoms with Crippen molar-refractivity contribution in [3.05, 3.63) is 79.8 Å². The maximum absolute atomic E-state index is 12.5. The molecular formula is C30H22Cl2N4O10. The van der Waals surface area contributed by atoms with Gasteiger partial charge >= 0.3 is 11.9 Å². The summed E-state index contributed by atoms with van der Waals surface area (Å²) in [6, 6.07) is 12.1. The quantitative estimate of drug-likeness (QED) is 0.242. The van der Waals surface area contributed by atoms with Gasteiger partial charge in [-0.05, 0) is 49.2 Å². The van der Waals surface area contributed by atoms with E-state index in [9.17, 15) is 49.5 Å². The Kier molecular flexibility index (Phi) is 9.92. The van der Waals surface area contributed by atoms with Crippen LogP contribution in [0, 0.1) is 22.7 Å². The fourth-order valence-electron chi connectivity index (χ4n) is 4.66. The van der Waals surface area contributed by atoms with E-state index in [1.165, 1.54) is 50.2 Å². The lowest BCUT2D eigenvalue weighted by Crippen LogP contribution is -2.43. The van der Waals surface area contributed by atoms with E-state index in [0.29, 0.717) is 0 Å². The lowest BCUT2D eigenvalue weighted by molar-refractivity contribution is -0.138. The van der Waals surface area contributed by atoms with Crippen LogP contribution in [0.4, 0.5) is 0 Å². The van der Waals surface area contributed by atoms with Crippen molar-refractivity contribution in [2.24, 2.45) is 0 Å². The second kappa shape index (κ2) is 13.1. The largest absolute Gasteiger partial charge is 0.506 e. The van der Waals surface area contributed by atoms with E-state index in [-0.39, 0.29) is 32.3 Å². The Morgan fingerprint density at radius 2 is 1.04 bits per heavy atom. The maximum Gasteiger partial charge on any atom is 0.322 e. The Balaban J connectivity index is 0.000000250. The number of nitrogens with one attached hydrogen (secondary N) is 2. The van der Waals surface area contributed by atoms with Crippen LogP contribution >= 0.6 is 23.2 Å². The molecule has 0 bridgehead atoms. The monoisotopic (exact) mass is 668 g/mol. The van der Waals surface area contributed by atoms with Crippen LogP contribution in [0.1, 0.15) is 36.1 Å². The number of carbonyl (C=O) groups is 6. The number of aliphatic hydroxyl groups is 2. The fourth-order valence-corrected chi connectivity index (χ4v) is 5.00. The predicted octanol–water partition coefficient (Wildman–Crippen LogP) is 2.35. The third-order valence-corrected chi connectivity index (χ3v) is 7.56. The molecule has 0 radical (unpaired) electrons. The highest BCUT2D eigenvalue weighted by Gasteiger charge is 2.48. The predicted molar refractivity (Wildman–Crippen MR) is 159 cm³/mol. The zero-order valence-electron chi connectivity index (χ0n) is 23.8. The molecule has 0 aromatic heterocycles. The number of Topliss-reactive ketones (excluding diaryl/α,β-unsaturated/α-hetero) is 2. The van der Waals surface area contributed by atoms with Crippen molar-refractivity contribution in [2.75, 3.05) is 13.1 Å². The van der Waals surface area contributed by atoms with E-state index in [1.807, 2.05) is 22.8 Å². The molecule has 2 aromatic carbocycles. The van der Waals surface area contributed by atoms with E-state index in [2.05, 4.69) is 0 Å². The van der Waals surface area contributed by atoms with Gasteiger partial charge < -0.3 is 31.1 Å². The fraction of sp³-hybridized carbons (Fsp3) is 0.200. The number of aliphatic carboxylic acids is 2. The number of carbonyl (C=O) groups excluding carboxylic acids is 4. The number of rotatable bonds is 6. The summed E-state index contributed by atoms with van der Waals surface area (Å²) in [5, 5.41) is 61.0. The van der Waals surface area contributed by atoms with Gasteiger partial charge in [0.05, 0.1) is 12.1 Å². The highest BCUT2D eigenvalue weighted by atomic mass is 35.5. The Morgan fingerprint density at radius 1 is 0.717 bits per heavy atom. The van der Waals surface area contributed by atoms with Crippen LogP contribution in [-0.2, 0) is 39.6 Å². The molecule has 0 unspecified atom stereocenters. The van der Waals surface area contributed by atoms with Crippen molar-refractivity contribution in [3.63, 3.8) is 0 Å². The average molecular weight is 669 g/mol. The number of fused-ring (bicyclic) bond motifs is 2. The van der Waals surface area contributed by atoms with Gasteiger partial charge in [0.25, 0.3) is 11.8 Å². The molecule has 236 valence electrons. The van der Waals surface area contributed by atoms with E-state index in [1.54, 1.807) is 0 Å². The summed E-state index contributed by atoms with van der Waals surface area (Å²) in [7, 11) is 0. The Bertz CT molecular complexity index is 1750. The van der Waals surface area contributed by atoms with E-state index >= 15 is 0 Å². The molecule has 0 fully saturated rings. The van der Waals surface area contributed by atoms with Gasteiger partial charge in [0, 0.05) is 21.2 Å². The average Bonchev–Trinajstić information content (AvgIpc) is 3.01. The number of hydrogen-bond donors (Lipinski definition) is 6. The van der Waals surface area contributed by atoms with Crippen LogP contribution in [0.5, 0.6) is 0 Å². The number of carboxylic acid groups (broad SMARTS) is 2. The van der Waals surface area contributed by atoms with Crippen molar-refractivity contribution in [1.82, 2.24) is 10.6 Å². The van der Waals surface area contributed by atoms with Crippen LogP contribution in [0.15, 0.2) is 47.5 Å². The molecule has 0 saturated heterocycles. The SMILES string of the molecule is C[C@@]1(C#N)C(=O)C(C(=O)NCC(=O)O)=C(O)c2cc(Cl)ccc21.C[C@]1(C#N)C(=O)C(C(=O)NCC(=O)O)=C(O)c2cc(Cl)ccc21. The third kappa shape index (κ3) is 6.25. The van der Waals surface area contributed by atoms with Crippen LogP contribution in [0.3, 0.4) is 0 Å². The van der Waals surface area contributed by atoms with Gasteiger partial charge in [-0.3, -0.25) is 28.8 Å². The van der Waals surface area contributed by atoms with Crippen molar-refractivity contribution in [2.45, 2.75) is 24.7 Å². The molecule has 2 atom stereocenters. The van der Waals surface area contributed by atoms with Gasteiger partial charge in [-0.25, -0.2) is 0 Å². The van der Waals surface area contributed by atoms with Crippen LogP contribution in [0.2, 0.25) is 10.0 Å². The van der Waals surface area contributed by atoms with Crippen LogP contribution < -0.4 is 10.6 Å². The summed E-state index contributed by atoms with van der Waals surface area (Å²) in [4.78, 5) is 70.3. The van der Waals surface area contributed by atoms with Crippen LogP contribution in [0.25, 0.3) is 11.5 Å². The number of ketones is 2. The molecule has 4 rings (SSSR count). The third-order valence-electron chi connectivity index (χ3n) is 7.09. The number of halogens is 2. The molecule has 0 heterocycles. The lowest BCUT2D eigenvalue weighted by Gasteiger charge is -2.29. The van der Waals surface area contributed by atoms with E-state index < -0.39 is 81.9 Å². The number of aliphatic hydroxyl groups excluding tert-OH is 2. The van der Waals surface area contributed by atoms with Gasteiger partial charge in [0.15, 0.2) is 11.6 Å². The number of benzene rings is 2. The summed E-state index contributed by atoms with van der Waals surface area (Å²) in [6.45, 7) is 1.18. The lowest BCUT2D eigenvalue weighted by atomic mass is 9.70. The van der Waals surface area contributed by atoms with Crippen molar-refractivity contribution in [1.29, 1.82) is 10.5 Å². The van der Waals surface area contributed by atoms with Gasteiger partial charge in [0.1, 0.15) is 46.6 Å². The van der Waals surface area contributed by atoms with E-state index in [0.717, 1.165) is 0 Å². The number of hydrogen-bond acceptors (Lipinski definition) is 10. The molecule has 2 aromatic rings. The van der Waals surface area contributed by atoms with Gasteiger partial charge in [0.2, 0.25) is 0 Å². The normalized spacial score (nSPS) is 19.8. The van der Waals surface area contributed by atoms with Crippen molar-refractivity contribution in [3.8, 4) is 12.1 Å². The Morgan fingerprint density at radius 3 is 1.33 bits per heavy atom. The zero-order valence-corrected chi connectivity index (χ0v) is 25.3. The van der Waals surface area contributed by atoms with E-state index in [4.69, 9.17) is 33.4 Å². The number of nitrogens with zero attached hydrogens (tertiary/aromatic N) is 2. The minimum atomic E-state index is -1.69. The Labute approximate surface area is 269 Å². The molecule has 0 saturated carbocycles. The molecule has 16 heteroatoms. The van der Waals surface area contributed by atoms with Crippen LogP contribution in [-0.4, -0.2) is 68.8 Å². The molecular weight excluding hydrogens is 647 g/mol. The first kappa shape index (κ1) is 34.8. The first-order valence-electron chi connectivity index (χ1n) is 12.8. The van der Waals surface area contributed by atoms with Crippen molar-refractivity contribution >= 4 is 70.0 Å². The molecule has 6 N–H and O–H groups in total. The van der Waals surface area contributed by atoms with Gasteiger partial charge in [-0.15, -0.1) is 0 Å². The first-order chi connectivity index (χ1) is 21.4. The topological polar surface area (TPSA) is 255 Å². The van der Waals surface area contributed by atoms with Gasteiger partial charge in [-0.2, -0.15) is 10.5 Å². The van der Waals surface area contributed by atoms with Crippen molar-refractivity contribution < 1.29 is 49.2 Å². The number of nitriles is 2. The first-order valence-corrected chi connectivity index (χ1v) is 13.6. The molecule has 2 aliphatic rings. The minimum Gasteiger partial charge on any atom is -0.506 e. The summed E-state index contributed by atoms with van der Waals surface area (Å²) in [6.07, 6.45) is 0. The smallest absolute Gasteiger partial charge is 0.322 e. The molecule has 14 nitrogen and oxygen atoms in total. The highest BCUT2D eigenvalue weighted by Crippen LogP contribution is 2.41. The van der Waals surface area contributed by atoms with Gasteiger partial charge in [-0.1, -0.05) is 35.3 Å².